The summed E-state index contributed by atoms with van der Waals surface area (Å²) >= 11 is 0. The first-order chi connectivity index (χ1) is 5.79. The summed E-state index contributed by atoms with van der Waals surface area (Å²) < 4.78 is 0. The molecule has 1 aliphatic heterocycles. The fourth-order valence-corrected chi connectivity index (χ4v) is 1.47. The van der Waals surface area contributed by atoms with E-state index in [1.165, 1.54) is 0 Å². The van der Waals surface area contributed by atoms with Gasteiger partial charge in [0.25, 0.3) is 5.91 Å². The Morgan fingerprint density at radius 1 is 1.75 bits per heavy atom. The van der Waals surface area contributed by atoms with Crippen LogP contribution in [0.2, 0.25) is 0 Å². The molecule has 1 fully saturated rings. The van der Waals surface area contributed by atoms with E-state index in [1.54, 1.807) is 11.8 Å². The molecule has 66 valence electrons. The van der Waals surface area contributed by atoms with Crippen LogP contribution in [0.4, 0.5) is 0 Å². The third kappa shape index (κ3) is 1.77. The van der Waals surface area contributed by atoms with Crippen molar-refractivity contribution in [3.63, 3.8) is 0 Å². The predicted molar refractivity (Wildman–Crippen MR) is 45.3 cm³/mol. The minimum atomic E-state index is -0.158. The van der Waals surface area contributed by atoms with Crippen molar-refractivity contribution in [2.45, 2.75) is 25.8 Å². The van der Waals surface area contributed by atoms with Gasteiger partial charge in [-0.3, -0.25) is 4.79 Å². The van der Waals surface area contributed by atoms with Crippen LogP contribution in [0.5, 0.6) is 0 Å². The third-order valence-electron chi connectivity index (χ3n) is 2.08. The van der Waals surface area contributed by atoms with Crippen LogP contribution in [0.1, 0.15) is 19.8 Å². The van der Waals surface area contributed by atoms with Crippen LogP contribution in [0.15, 0.2) is 0 Å². The second-order valence-corrected chi connectivity index (χ2v) is 2.85. The van der Waals surface area contributed by atoms with Gasteiger partial charge in [-0.05, 0) is 25.7 Å². The maximum atomic E-state index is 11.3. The largest absolute Gasteiger partial charge is 0.394 e. The highest BCUT2D eigenvalue weighted by atomic mass is 16.3. The van der Waals surface area contributed by atoms with Crippen LogP contribution in [-0.2, 0) is 4.79 Å². The monoisotopic (exact) mass is 167 g/mol. The maximum absolute atomic E-state index is 11.3. The average molecular weight is 167 g/mol. The number of hydrogen-bond acceptors (Lipinski definition) is 2. The Labute approximate surface area is 72.4 Å². The molecule has 1 amide bonds. The fraction of sp³-hybridized carbons (Fsp3) is 0.667. The highest BCUT2D eigenvalue weighted by molar-refractivity contribution is 5.93. The molecular formula is C9H13NO2. The Hall–Kier alpha value is -1.01. The topological polar surface area (TPSA) is 40.5 Å². The highest BCUT2D eigenvalue weighted by Gasteiger charge is 2.26. The third-order valence-corrected chi connectivity index (χ3v) is 2.08. The molecule has 0 saturated carbocycles. The second kappa shape index (κ2) is 4.13. The van der Waals surface area contributed by atoms with Crippen LogP contribution in [0, 0.1) is 11.8 Å². The summed E-state index contributed by atoms with van der Waals surface area (Å²) in [6.45, 7) is 2.43. The van der Waals surface area contributed by atoms with Gasteiger partial charge < -0.3 is 10.0 Å². The molecule has 0 aromatic carbocycles. The molecule has 1 rings (SSSR count). The molecule has 1 aliphatic rings. The van der Waals surface area contributed by atoms with Crippen molar-refractivity contribution in [3.8, 4) is 11.8 Å². The first-order valence-corrected chi connectivity index (χ1v) is 4.13. The van der Waals surface area contributed by atoms with Crippen LogP contribution < -0.4 is 0 Å². The van der Waals surface area contributed by atoms with Crippen molar-refractivity contribution in [3.05, 3.63) is 0 Å². The number of nitrogens with zero attached hydrogens (tertiary/aromatic N) is 1. The zero-order valence-corrected chi connectivity index (χ0v) is 7.21. The van der Waals surface area contributed by atoms with Gasteiger partial charge in [-0.25, -0.2) is 0 Å². The van der Waals surface area contributed by atoms with E-state index in [1.807, 2.05) is 0 Å². The fourth-order valence-electron chi connectivity index (χ4n) is 1.47. The smallest absolute Gasteiger partial charge is 0.298 e. The van der Waals surface area contributed by atoms with E-state index in [0.29, 0.717) is 0 Å². The lowest BCUT2D eigenvalue weighted by atomic mass is 10.2. The molecule has 0 radical (unpaired) electrons. The van der Waals surface area contributed by atoms with Gasteiger partial charge in [-0.2, -0.15) is 0 Å². The number of hydrogen-bond donors (Lipinski definition) is 1. The molecule has 0 aliphatic carbocycles. The number of aliphatic hydroxyl groups excluding tert-OH is 1. The van der Waals surface area contributed by atoms with Gasteiger partial charge in [0.15, 0.2) is 0 Å². The zero-order valence-electron chi connectivity index (χ0n) is 7.21. The number of amides is 1. The molecule has 12 heavy (non-hydrogen) atoms. The van der Waals surface area contributed by atoms with Crippen LogP contribution in [-0.4, -0.2) is 35.1 Å². The average Bonchev–Trinajstić information content (AvgIpc) is 2.51. The quantitative estimate of drug-likeness (QED) is 0.558. The summed E-state index contributed by atoms with van der Waals surface area (Å²) in [7, 11) is 0. The van der Waals surface area contributed by atoms with E-state index in [0.717, 1.165) is 19.4 Å². The molecule has 0 spiro atoms. The van der Waals surface area contributed by atoms with Crippen molar-refractivity contribution >= 4 is 5.91 Å². The van der Waals surface area contributed by atoms with E-state index < -0.39 is 0 Å². The van der Waals surface area contributed by atoms with E-state index in [4.69, 9.17) is 5.11 Å². The van der Waals surface area contributed by atoms with E-state index in [9.17, 15) is 4.79 Å². The Kier molecular flexibility index (Phi) is 3.12. The molecule has 0 bridgehead atoms. The molecule has 1 saturated heterocycles. The van der Waals surface area contributed by atoms with E-state index in [2.05, 4.69) is 11.8 Å². The molecule has 3 heteroatoms. The molecule has 1 atom stereocenters. The normalized spacial score (nSPS) is 21.8. The van der Waals surface area contributed by atoms with Crippen LogP contribution in [0.25, 0.3) is 0 Å². The van der Waals surface area contributed by atoms with E-state index in [-0.39, 0.29) is 18.6 Å². The molecular weight excluding hydrogens is 154 g/mol. The van der Waals surface area contributed by atoms with Gasteiger partial charge in [0, 0.05) is 6.54 Å². The van der Waals surface area contributed by atoms with Gasteiger partial charge >= 0.3 is 0 Å². The number of rotatable bonds is 1. The summed E-state index contributed by atoms with van der Waals surface area (Å²) in [6.07, 6.45) is 1.87. The Bertz CT molecular complexity index is 226. The standard InChI is InChI=1S/C9H13NO2/c1-2-4-9(12)10-6-3-5-8(10)7-11/h8,11H,3,5-7H2,1H3. The van der Waals surface area contributed by atoms with Gasteiger partial charge in [0.2, 0.25) is 0 Å². The molecule has 0 aromatic heterocycles. The first-order valence-electron chi connectivity index (χ1n) is 4.13. The van der Waals surface area contributed by atoms with E-state index >= 15 is 0 Å². The first kappa shape index (κ1) is 9.08. The molecule has 1 unspecified atom stereocenters. The van der Waals surface area contributed by atoms with Gasteiger partial charge in [-0.1, -0.05) is 5.92 Å². The molecule has 1 N–H and O–H groups in total. The minimum absolute atomic E-state index is 0.00153. The predicted octanol–water partition coefficient (Wildman–Crippen LogP) is -0.00700. The Morgan fingerprint density at radius 3 is 3.08 bits per heavy atom. The summed E-state index contributed by atoms with van der Waals surface area (Å²) in [4.78, 5) is 12.9. The SMILES string of the molecule is CC#CC(=O)N1CCCC1CO. The van der Waals surface area contributed by atoms with Crippen LogP contribution >= 0.6 is 0 Å². The lowest BCUT2D eigenvalue weighted by molar-refractivity contribution is -0.126. The number of carbonyl (C=O) groups excluding carboxylic acids is 1. The molecule has 1 heterocycles. The lowest BCUT2D eigenvalue weighted by Gasteiger charge is -2.19. The summed E-state index contributed by atoms with van der Waals surface area (Å²) in [5.41, 5.74) is 0. The zero-order chi connectivity index (χ0) is 8.97. The van der Waals surface area contributed by atoms with Crippen molar-refractivity contribution in [1.29, 1.82) is 0 Å². The second-order valence-electron chi connectivity index (χ2n) is 2.85. The van der Waals surface area contributed by atoms with Crippen molar-refractivity contribution in [2.24, 2.45) is 0 Å². The molecule has 3 nitrogen and oxygen atoms in total. The number of aliphatic hydroxyl groups is 1. The van der Waals surface area contributed by atoms with Crippen molar-refractivity contribution in [2.75, 3.05) is 13.2 Å². The number of carbonyl (C=O) groups is 1. The van der Waals surface area contributed by atoms with Gasteiger partial charge in [0.05, 0.1) is 12.6 Å². The van der Waals surface area contributed by atoms with Crippen molar-refractivity contribution in [1.82, 2.24) is 4.90 Å². The lowest BCUT2D eigenvalue weighted by Crippen LogP contribution is -2.36. The minimum Gasteiger partial charge on any atom is -0.394 e. The van der Waals surface area contributed by atoms with Gasteiger partial charge in [0.1, 0.15) is 0 Å². The summed E-state index contributed by atoms with van der Waals surface area (Å²) in [5, 5.41) is 8.91. The van der Waals surface area contributed by atoms with Crippen LogP contribution in [0.3, 0.4) is 0 Å². The summed E-state index contributed by atoms with van der Waals surface area (Å²) in [5.74, 6) is 4.89. The summed E-state index contributed by atoms with van der Waals surface area (Å²) in [6, 6.07) is -0.00153. The Morgan fingerprint density at radius 2 is 2.50 bits per heavy atom. The maximum Gasteiger partial charge on any atom is 0.298 e. The highest BCUT2D eigenvalue weighted by Crippen LogP contribution is 2.15. The van der Waals surface area contributed by atoms with Crippen molar-refractivity contribution < 1.29 is 9.90 Å². The Balaban J connectivity index is 2.59. The molecule has 0 aromatic rings. The van der Waals surface area contributed by atoms with Gasteiger partial charge in [-0.15, -0.1) is 0 Å². The number of likely N-dealkylation sites (tertiary alicyclic amines) is 1.